The van der Waals surface area contributed by atoms with Crippen molar-refractivity contribution in [2.75, 3.05) is 0 Å². The quantitative estimate of drug-likeness (QED) is 0.699. The zero-order chi connectivity index (χ0) is 10.8. The summed E-state index contributed by atoms with van der Waals surface area (Å²) >= 11 is 5.81. The normalized spacial score (nSPS) is 10.3. The lowest BCUT2D eigenvalue weighted by Gasteiger charge is -2.02. The van der Waals surface area contributed by atoms with Crippen LogP contribution < -0.4 is 0 Å². The van der Waals surface area contributed by atoms with Gasteiger partial charge in [0.15, 0.2) is 0 Å². The van der Waals surface area contributed by atoms with Crippen LogP contribution in [0.25, 0.3) is 11.3 Å². The van der Waals surface area contributed by atoms with E-state index in [1.807, 2.05) is 0 Å². The van der Waals surface area contributed by atoms with Crippen LogP contribution in [-0.2, 0) is 0 Å². The minimum atomic E-state index is -0.652. The summed E-state index contributed by atoms with van der Waals surface area (Å²) in [6, 6.07) is 3.82. The molecule has 0 bridgehead atoms. The largest absolute Gasteiger partial charge is 0.253 e. The van der Waals surface area contributed by atoms with E-state index in [1.165, 1.54) is 18.3 Å². The Hall–Kier alpha value is -1.55. The number of nitrogens with zero attached hydrogens (tertiary/aromatic N) is 2. The Morgan fingerprint density at radius 2 is 1.87 bits per heavy atom. The molecule has 0 unspecified atom stereocenters. The average Bonchev–Trinajstić information content (AvgIpc) is 2.23. The van der Waals surface area contributed by atoms with Crippen molar-refractivity contribution in [2.24, 2.45) is 0 Å². The first-order chi connectivity index (χ1) is 7.16. The zero-order valence-electron chi connectivity index (χ0n) is 7.42. The number of halogens is 3. The van der Waals surface area contributed by atoms with Crippen LogP contribution in [0.4, 0.5) is 8.78 Å². The second-order valence-corrected chi connectivity index (χ2v) is 3.26. The number of hydrogen-bond donors (Lipinski definition) is 0. The lowest BCUT2D eigenvalue weighted by molar-refractivity contribution is 0.584. The first kappa shape index (κ1) is 9.98. The summed E-state index contributed by atoms with van der Waals surface area (Å²) in [5, 5.41) is 0.274. The van der Waals surface area contributed by atoms with E-state index in [4.69, 9.17) is 11.6 Å². The standard InChI is InChI=1S/C10H5ClF2N2/c11-8-5-15-10(13)3-7(8)9-2-1-6(12)4-14-9/h1-5H. The summed E-state index contributed by atoms with van der Waals surface area (Å²) < 4.78 is 25.4. The third-order valence-corrected chi connectivity index (χ3v) is 2.13. The van der Waals surface area contributed by atoms with Crippen LogP contribution in [0.5, 0.6) is 0 Å². The first-order valence-electron chi connectivity index (χ1n) is 4.10. The van der Waals surface area contributed by atoms with Crippen molar-refractivity contribution in [3.05, 3.63) is 47.4 Å². The first-order valence-corrected chi connectivity index (χ1v) is 4.47. The molecule has 0 radical (unpaired) electrons. The van der Waals surface area contributed by atoms with Gasteiger partial charge in [0.05, 0.1) is 16.9 Å². The zero-order valence-corrected chi connectivity index (χ0v) is 8.17. The summed E-state index contributed by atoms with van der Waals surface area (Å²) in [5.41, 5.74) is 0.798. The molecule has 0 fully saturated rings. The molecule has 2 aromatic heterocycles. The van der Waals surface area contributed by atoms with Gasteiger partial charge in [-0.05, 0) is 12.1 Å². The highest BCUT2D eigenvalue weighted by molar-refractivity contribution is 6.33. The topological polar surface area (TPSA) is 25.8 Å². The second-order valence-electron chi connectivity index (χ2n) is 2.85. The Morgan fingerprint density at radius 1 is 1.07 bits per heavy atom. The van der Waals surface area contributed by atoms with E-state index >= 15 is 0 Å². The van der Waals surface area contributed by atoms with Crippen LogP contribution in [0.2, 0.25) is 5.02 Å². The number of aromatic nitrogens is 2. The van der Waals surface area contributed by atoms with E-state index in [1.54, 1.807) is 0 Å². The highest BCUT2D eigenvalue weighted by Gasteiger charge is 2.07. The molecule has 0 saturated carbocycles. The molecule has 5 heteroatoms. The molecule has 0 atom stereocenters. The van der Waals surface area contributed by atoms with Gasteiger partial charge in [-0.2, -0.15) is 4.39 Å². The van der Waals surface area contributed by atoms with E-state index in [2.05, 4.69) is 9.97 Å². The third kappa shape index (κ3) is 2.10. The molecule has 0 spiro atoms. The summed E-state index contributed by atoms with van der Waals surface area (Å²) in [7, 11) is 0. The number of pyridine rings is 2. The van der Waals surface area contributed by atoms with Crippen LogP contribution in [-0.4, -0.2) is 9.97 Å². The fourth-order valence-electron chi connectivity index (χ4n) is 1.14. The van der Waals surface area contributed by atoms with Gasteiger partial charge in [0.25, 0.3) is 0 Å². The monoisotopic (exact) mass is 226 g/mol. The van der Waals surface area contributed by atoms with Crippen LogP contribution in [0.1, 0.15) is 0 Å². The maximum Gasteiger partial charge on any atom is 0.213 e. The van der Waals surface area contributed by atoms with Gasteiger partial charge < -0.3 is 0 Å². The Bertz CT molecular complexity index is 485. The molecule has 2 heterocycles. The molecule has 2 nitrogen and oxygen atoms in total. The molecule has 0 aromatic carbocycles. The molecule has 0 amide bonds. The van der Waals surface area contributed by atoms with Crippen molar-refractivity contribution in [1.29, 1.82) is 0 Å². The van der Waals surface area contributed by atoms with Gasteiger partial charge in [0.1, 0.15) is 5.82 Å². The van der Waals surface area contributed by atoms with Crippen LogP contribution >= 0.6 is 11.6 Å². The molecule has 15 heavy (non-hydrogen) atoms. The van der Waals surface area contributed by atoms with Crippen LogP contribution in [0, 0.1) is 11.8 Å². The van der Waals surface area contributed by atoms with Gasteiger partial charge in [-0.15, -0.1) is 0 Å². The molecule has 0 aliphatic carbocycles. The van der Waals surface area contributed by atoms with E-state index in [0.717, 1.165) is 12.3 Å². The Morgan fingerprint density at radius 3 is 2.53 bits per heavy atom. The van der Waals surface area contributed by atoms with E-state index < -0.39 is 11.8 Å². The predicted molar refractivity (Wildman–Crippen MR) is 52.4 cm³/mol. The minimum absolute atomic E-state index is 0.274. The molecule has 2 rings (SSSR count). The van der Waals surface area contributed by atoms with Crippen molar-refractivity contribution < 1.29 is 8.78 Å². The minimum Gasteiger partial charge on any atom is -0.253 e. The fraction of sp³-hybridized carbons (Fsp3) is 0. The number of rotatable bonds is 1. The maximum atomic E-state index is 12.8. The Balaban J connectivity index is 2.53. The highest BCUT2D eigenvalue weighted by atomic mass is 35.5. The molecular weight excluding hydrogens is 222 g/mol. The summed E-state index contributed by atoms with van der Waals surface area (Å²) in [4.78, 5) is 7.18. The SMILES string of the molecule is Fc1ccc(-c2cc(F)ncc2Cl)nc1. The maximum absolute atomic E-state index is 12.8. The molecule has 0 N–H and O–H groups in total. The van der Waals surface area contributed by atoms with Crippen LogP contribution in [0.3, 0.4) is 0 Å². The van der Waals surface area contributed by atoms with Crippen LogP contribution in [0.15, 0.2) is 30.6 Å². The summed E-state index contributed by atoms with van der Waals surface area (Å²) in [6.45, 7) is 0. The lowest BCUT2D eigenvalue weighted by atomic mass is 10.2. The second kappa shape index (κ2) is 3.90. The summed E-state index contributed by atoms with van der Waals surface area (Å²) in [6.07, 6.45) is 2.24. The molecular formula is C10H5ClF2N2. The molecule has 76 valence electrons. The molecule has 0 aliphatic rings. The van der Waals surface area contributed by atoms with Gasteiger partial charge in [-0.3, -0.25) is 4.98 Å². The van der Waals surface area contributed by atoms with Crippen molar-refractivity contribution >= 4 is 11.6 Å². The van der Waals surface area contributed by atoms with Crippen molar-refractivity contribution in [3.63, 3.8) is 0 Å². The van der Waals surface area contributed by atoms with Crippen molar-refractivity contribution in [2.45, 2.75) is 0 Å². The summed E-state index contributed by atoms with van der Waals surface area (Å²) in [5.74, 6) is -1.11. The van der Waals surface area contributed by atoms with E-state index in [0.29, 0.717) is 11.3 Å². The predicted octanol–water partition coefficient (Wildman–Crippen LogP) is 3.08. The fourth-order valence-corrected chi connectivity index (χ4v) is 1.34. The van der Waals surface area contributed by atoms with Gasteiger partial charge in [0, 0.05) is 17.8 Å². The Kier molecular flexibility index (Phi) is 2.60. The van der Waals surface area contributed by atoms with Gasteiger partial charge >= 0.3 is 0 Å². The van der Waals surface area contributed by atoms with Crippen molar-refractivity contribution in [1.82, 2.24) is 9.97 Å². The van der Waals surface area contributed by atoms with Crippen molar-refractivity contribution in [3.8, 4) is 11.3 Å². The lowest BCUT2D eigenvalue weighted by Crippen LogP contribution is -1.89. The van der Waals surface area contributed by atoms with Gasteiger partial charge in [-0.25, -0.2) is 9.37 Å². The molecule has 2 aromatic rings. The van der Waals surface area contributed by atoms with Gasteiger partial charge in [0.2, 0.25) is 5.95 Å². The van der Waals surface area contributed by atoms with Gasteiger partial charge in [-0.1, -0.05) is 11.6 Å². The van der Waals surface area contributed by atoms with E-state index in [9.17, 15) is 8.78 Å². The average molecular weight is 227 g/mol. The smallest absolute Gasteiger partial charge is 0.213 e. The highest BCUT2D eigenvalue weighted by Crippen LogP contribution is 2.25. The molecule has 0 saturated heterocycles. The molecule has 0 aliphatic heterocycles. The Labute approximate surface area is 89.6 Å². The third-order valence-electron chi connectivity index (χ3n) is 1.83. The van der Waals surface area contributed by atoms with E-state index in [-0.39, 0.29) is 5.02 Å². The number of hydrogen-bond acceptors (Lipinski definition) is 2.